The fourth-order valence-electron chi connectivity index (χ4n) is 19.7. The van der Waals surface area contributed by atoms with Crippen LogP contribution < -0.4 is 22.8 Å². The molecule has 0 unspecified atom stereocenters. The standard InChI is InChI=1S/C26H18N5.2C21H16N5.C20H13N4O.C14H8N3OS/c1-3-8-19(9-4-1)30-22-12-7-14-28-23(22)24-26(30)31(20-10-5-2-6-11-20)25-21-16-27-15-13-18(21)17-29(24)25;2*1-24-17-8-5-10-23-18(17)19-21(24)26(15-6-3-2-4-7-15)20-16-12-22-11-9-14(16)13-25(19)20;1-2-5-14(6-3-1)24-19-15-11-21-10-8-13(15)12-23(19)18-17-16(25-20(18)24)7-4-9-22-17;1-2-10-11(16-4-1)12-14(19-10)18-13-9-6-15-5-3-8(9)7-17(12)13/h1-16H,17H2;2*2-12H,13H2,1H3;1-11H,12H2;1-6H,7H2/q5*+1/i;1D3;;;. The summed E-state index contributed by atoms with van der Waals surface area (Å²) in [4.78, 5) is 45.8. The van der Waals surface area contributed by atoms with Gasteiger partial charge in [0.2, 0.25) is 22.1 Å². The van der Waals surface area contributed by atoms with Crippen molar-refractivity contribution in [3.05, 3.63) is 363 Å². The molecule has 0 N–H and O–H groups in total. The molecule has 0 fully saturated rings. The van der Waals surface area contributed by atoms with Crippen LogP contribution in [-0.4, -0.2) is 81.8 Å². The summed E-state index contributed by atoms with van der Waals surface area (Å²) in [6, 6.07) is 81.9. The van der Waals surface area contributed by atoms with E-state index in [1.807, 2.05) is 182 Å². The number of rotatable bonds is 5. The van der Waals surface area contributed by atoms with Gasteiger partial charge in [-0.3, -0.25) is 29.5 Å². The van der Waals surface area contributed by atoms with Gasteiger partial charge in [0.1, 0.15) is 71.0 Å². The highest BCUT2D eigenvalue weighted by molar-refractivity contribution is 7.25. The minimum absolute atomic E-state index is 0.603. The third-order valence-electron chi connectivity index (χ3n) is 25.0. The van der Waals surface area contributed by atoms with Crippen molar-refractivity contribution in [2.75, 3.05) is 0 Å². The van der Waals surface area contributed by atoms with E-state index < -0.39 is 6.98 Å². The number of aryl methyl sites for hydroxylation is 2. The van der Waals surface area contributed by atoms with Crippen LogP contribution in [0.4, 0.5) is 0 Å². The molecule has 24 nitrogen and oxygen atoms in total. The van der Waals surface area contributed by atoms with Crippen molar-refractivity contribution in [1.29, 1.82) is 0 Å². The molecule has 25 heteroatoms. The zero-order chi connectivity index (χ0) is 86.1. The van der Waals surface area contributed by atoms with Gasteiger partial charge in [0.15, 0.2) is 23.2 Å². The van der Waals surface area contributed by atoms with E-state index in [-0.39, 0.29) is 0 Å². The normalized spacial score (nSPS) is 13.1. The highest BCUT2D eigenvalue weighted by Gasteiger charge is 2.45. The molecule has 20 aromatic heterocycles. The van der Waals surface area contributed by atoms with E-state index in [1.165, 1.54) is 54.0 Å². The van der Waals surface area contributed by atoms with E-state index in [9.17, 15) is 0 Å². The zero-order valence-corrected chi connectivity index (χ0v) is 68.7. The molecule has 127 heavy (non-hydrogen) atoms. The summed E-state index contributed by atoms with van der Waals surface area (Å²) in [7, 11) is 2.12. The molecule has 0 saturated heterocycles. The minimum Gasteiger partial charge on any atom is -0.417 e. The van der Waals surface area contributed by atoms with Gasteiger partial charge in [0.25, 0.3) is 50.7 Å². The lowest BCUT2D eigenvalue weighted by atomic mass is 10.2. The van der Waals surface area contributed by atoms with Crippen molar-refractivity contribution in [1.82, 2.24) is 81.8 Å². The Morgan fingerprint density at radius 3 is 1.13 bits per heavy atom. The fourth-order valence-corrected chi connectivity index (χ4v) is 20.7. The molecule has 5 aliphatic rings. The van der Waals surface area contributed by atoms with E-state index in [1.54, 1.807) is 29.8 Å². The predicted molar refractivity (Wildman–Crippen MR) is 486 cm³/mol. The van der Waals surface area contributed by atoms with Crippen molar-refractivity contribution in [3.63, 3.8) is 0 Å². The lowest BCUT2D eigenvalue weighted by molar-refractivity contribution is -0.648. The summed E-state index contributed by atoms with van der Waals surface area (Å²) in [5.41, 5.74) is 34.6. The molecule has 0 spiro atoms. The summed E-state index contributed by atoms with van der Waals surface area (Å²) < 4.78 is 64.4. The molecule has 0 saturated carbocycles. The number of imidazole rings is 4. The Kier molecular flexibility index (Phi) is 15.3. The Balaban J connectivity index is 0.0000000862. The molecule has 30 rings (SSSR count). The Morgan fingerprint density at radius 2 is 0.654 bits per heavy atom. The quantitative estimate of drug-likeness (QED) is 0.147. The van der Waals surface area contributed by atoms with E-state index in [0.29, 0.717) is 23.2 Å². The maximum Gasteiger partial charge on any atom is 0.384 e. The van der Waals surface area contributed by atoms with Gasteiger partial charge in [-0.05, 0) is 152 Å². The van der Waals surface area contributed by atoms with Gasteiger partial charge in [0, 0.05) is 145 Å². The largest absolute Gasteiger partial charge is 0.417 e. The first-order valence-corrected chi connectivity index (χ1v) is 42.7. The molecular formula is C102H71N22O2S+5. The average molecular weight is 1670 g/mol. The molecule has 0 bridgehead atoms. The first-order valence-electron chi connectivity index (χ1n) is 43.4. The van der Waals surface area contributed by atoms with Crippen LogP contribution in [0, 0.1) is 0 Å². The second kappa shape index (κ2) is 28.3. The topological polar surface area (TPSA) is 209 Å². The molecule has 602 valence electrons. The Bertz CT molecular complexity index is 8930. The second-order valence-electron chi connectivity index (χ2n) is 31.9. The lowest BCUT2D eigenvalue weighted by Crippen LogP contribution is -2.31. The highest BCUT2D eigenvalue weighted by Crippen LogP contribution is 2.44. The Hall–Kier alpha value is -16.9. The maximum absolute atomic E-state index is 8.25. The number of para-hydroxylation sites is 5. The van der Waals surface area contributed by atoms with Crippen molar-refractivity contribution < 1.29 is 35.8 Å². The Labute approximate surface area is 729 Å². The summed E-state index contributed by atoms with van der Waals surface area (Å²) in [6.45, 7) is 1.60. The van der Waals surface area contributed by atoms with Crippen LogP contribution in [0.1, 0.15) is 31.9 Å². The molecule has 0 amide bonds. The number of nitrogens with zero attached hydrogens (tertiary/aromatic N) is 22. The third kappa shape index (κ3) is 10.7. The number of oxazole rings is 1. The van der Waals surface area contributed by atoms with Gasteiger partial charge < -0.3 is 18.0 Å². The van der Waals surface area contributed by atoms with Crippen LogP contribution >= 0.6 is 11.3 Å². The molecule has 25 heterocycles. The maximum atomic E-state index is 8.25. The predicted octanol–water partition coefficient (Wildman–Crippen LogP) is 17.4. The molecule has 5 aromatic carbocycles. The van der Waals surface area contributed by atoms with Crippen molar-refractivity contribution in [3.8, 4) is 85.4 Å². The van der Waals surface area contributed by atoms with Crippen LogP contribution in [0.15, 0.2) is 344 Å². The van der Waals surface area contributed by atoms with Gasteiger partial charge in [-0.25, -0.2) is 43.2 Å². The number of hydrogen-bond donors (Lipinski definition) is 0. The van der Waals surface area contributed by atoms with Gasteiger partial charge in [-0.15, -0.1) is 4.57 Å². The van der Waals surface area contributed by atoms with Crippen LogP contribution in [0.5, 0.6) is 0 Å². The van der Waals surface area contributed by atoms with Crippen LogP contribution in [0.25, 0.3) is 195 Å². The molecule has 25 aromatic rings. The first-order chi connectivity index (χ1) is 64.1. The van der Waals surface area contributed by atoms with Crippen LogP contribution in [0.2, 0.25) is 0 Å². The number of thiophene rings is 1. The number of hydrogen-bond acceptors (Lipinski definition) is 13. The molecule has 5 aliphatic heterocycles. The number of pyridine rings is 10. The number of aromatic nitrogens is 22. The second-order valence-corrected chi connectivity index (χ2v) is 32.9. The minimum atomic E-state index is -2.35. The average Bonchev–Trinajstić information content (AvgIpc) is 1.33. The van der Waals surface area contributed by atoms with Gasteiger partial charge in [0.05, 0.1) is 43.5 Å². The van der Waals surface area contributed by atoms with Crippen LogP contribution in [0.3, 0.4) is 0 Å². The van der Waals surface area contributed by atoms with Gasteiger partial charge in [-0.1, -0.05) is 102 Å². The van der Waals surface area contributed by atoms with Crippen molar-refractivity contribution >= 4 is 121 Å². The first kappa shape index (κ1) is 68.7. The smallest absolute Gasteiger partial charge is 0.384 e. The van der Waals surface area contributed by atoms with E-state index in [0.717, 1.165) is 183 Å². The van der Waals surface area contributed by atoms with Gasteiger partial charge in [-0.2, -0.15) is 18.3 Å². The summed E-state index contributed by atoms with van der Waals surface area (Å²) in [6.07, 6.45) is 27.9. The molecular weight excluding hydrogens is 1600 g/mol. The number of furan rings is 1. The third-order valence-corrected chi connectivity index (χ3v) is 26.0. The van der Waals surface area contributed by atoms with E-state index >= 15 is 0 Å². The molecule has 0 atom stereocenters. The van der Waals surface area contributed by atoms with Crippen molar-refractivity contribution in [2.24, 2.45) is 14.0 Å². The van der Waals surface area contributed by atoms with Gasteiger partial charge >= 0.3 is 11.6 Å². The van der Waals surface area contributed by atoms with E-state index in [2.05, 4.69) is 232 Å². The van der Waals surface area contributed by atoms with E-state index in [4.69, 9.17) is 22.9 Å². The SMILES string of the molecule is Cn1c2cccnc2c2c1n(-c1ccccc1)c1[n+]2Cc2ccncc2-1.[2H]C([2H])([2H])n1c2cccnc2c2c1n(-c1ccccc1)c1[n+]2Cc2ccncc2-1.c1ccc(-n2c3[n+](c4c5ncccc5n(-c5ccccc5)c42)Cc2ccncc2-3)cc1.c1ccc(-n2c3[n+](c4c5ncccc5oc42)Cc2ccncc2-3)cc1.c1cnc2c(c1)sc1oc3[n+](c12)Cc1ccncc1-3. The summed E-state index contributed by atoms with van der Waals surface area (Å²) >= 11 is 1.65. The monoisotopic (exact) mass is 1670 g/mol. The van der Waals surface area contributed by atoms with Crippen molar-refractivity contribution in [2.45, 2.75) is 32.7 Å². The molecule has 0 radical (unpaired) electrons. The summed E-state index contributed by atoms with van der Waals surface area (Å²) in [5, 5.41) is 0. The van der Waals surface area contributed by atoms with Crippen LogP contribution in [-0.2, 0) is 46.7 Å². The molecule has 0 aliphatic carbocycles. The lowest BCUT2D eigenvalue weighted by Gasteiger charge is -2.08. The summed E-state index contributed by atoms with van der Waals surface area (Å²) in [5.74, 6) is 5.24. The Morgan fingerprint density at radius 1 is 0.299 bits per heavy atom. The fraction of sp³-hybridized carbons (Fsp3) is 0.0686. The number of benzene rings is 5. The number of fused-ring (bicyclic) bond motifs is 35. The highest BCUT2D eigenvalue weighted by atomic mass is 32.1. The zero-order valence-electron chi connectivity index (χ0n) is 70.9.